The van der Waals surface area contributed by atoms with Gasteiger partial charge in [-0.25, -0.2) is 15.8 Å². The van der Waals surface area contributed by atoms with E-state index in [4.69, 9.17) is 5.84 Å². The van der Waals surface area contributed by atoms with Gasteiger partial charge >= 0.3 is 0 Å². The number of rotatable bonds is 4. The van der Waals surface area contributed by atoms with Crippen LogP contribution >= 0.6 is 0 Å². The summed E-state index contributed by atoms with van der Waals surface area (Å²) >= 11 is 0. The third kappa shape index (κ3) is 2.84. The Morgan fingerprint density at radius 3 is 2.50 bits per heavy atom. The molecule has 1 aromatic heterocycles. The molecule has 0 aliphatic carbocycles. The van der Waals surface area contributed by atoms with Crippen molar-refractivity contribution in [2.24, 2.45) is 5.84 Å². The molecule has 0 amide bonds. The summed E-state index contributed by atoms with van der Waals surface area (Å²) in [6.07, 6.45) is 1.98. The maximum atomic E-state index is 5.45. The van der Waals surface area contributed by atoms with Crippen LogP contribution < -0.4 is 11.3 Å². The summed E-state index contributed by atoms with van der Waals surface area (Å²) in [5.74, 6) is 6.82. The second-order valence-corrected chi connectivity index (χ2v) is 4.33. The van der Waals surface area contributed by atoms with E-state index in [-0.39, 0.29) is 0 Å². The van der Waals surface area contributed by atoms with Crippen LogP contribution in [-0.2, 0) is 6.42 Å². The zero-order valence-electron chi connectivity index (χ0n) is 10.8. The first-order valence-electron chi connectivity index (χ1n) is 6.14. The molecular weight excluding hydrogens is 224 g/mol. The Kier molecular flexibility index (Phi) is 3.89. The van der Waals surface area contributed by atoms with Crippen LogP contribution in [0.25, 0.3) is 11.4 Å². The van der Waals surface area contributed by atoms with E-state index < -0.39 is 0 Å². The van der Waals surface area contributed by atoms with Gasteiger partial charge in [0.25, 0.3) is 0 Å². The lowest BCUT2D eigenvalue weighted by atomic mass is 10.1. The van der Waals surface area contributed by atoms with Gasteiger partial charge in [-0.15, -0.1) is 0 Å². The number of aromatic nitrogens is 2. The Bertz CT molecular complexity index is 520. The second-order valence-electron chi connectivity index (χ2n) is 4.33. The van der Waals surface area contributed by atoms with E-state index in [1.807, 2.05) is 18.2 Å². The van der Waals surface area contributed by atoms with Gasteiger partial charge in [0.2, 0.25) is 0 Å². The van der Waals surface area contributed by atoms with Crippen molar-refractivity contribution < 1.29 is 0 Å². The summed E-state index contributed by atoms with van der Waals surface area (Å²) < 4.78 is 0. The number of nitrogens with one attached hydrogen (secondary N) is 1. The number of nitrogens with zero attached hydrogens (tertiary/aromatic N) is 2. The lowest BCUT2D eigenvalue weighted by Gasteiger charge is -2.07. The van der Waals surface area contributed by atoms with Crippen LogP contribution in [0.5, 0.6) is 0 Å². The van der Waals surface area contributed by atoms with Gasteiger partial charge in [0.05, 0.1) is 0 Å². The fourth-order valence-corrected chi connectivity index (χ4v) is 1.79. The molecule has 4 heteroatoms. The van der Waals surface area contributed by atoms with E-state index in [0.717, 1.165) is 24.1 Å². The number of aryl methyl sites for hydroxylation is 2. The van der Waals surface area contributed by atoms with Gasteiger partial charge in [0.1, 0.15) is 5.82 Å². The molecule has 1 aromatic carbocycles. The lowest BCUT2D eigenvalue weighted by molar-refractivity contribution is 0.875. The van der Waals surface area contributed by atoms with E-state index in [9.17, 15) is 0 Å². The van der Waals surface area contributed by atoms with Crippen molar-refractivity contribution >= 4 is 5.82 Å². The van der Waals surface area contributed by atoms with Gasteiger partial charge in [-0.3, -0.25) is 0 Å². The topological polar surface area (TPSA) is 63.8 Å². The van der Waals surface area contributed by atoms with Crippen LogP contribution in [0.3, 0.4) is 0 Å². The monoisotopic (exact) mass is 242 g/mol. The Labute approximate surface area is 107 Å². The van der Waals surface area contributed by atoms with Crippen LogP contribution in [0.1, 0.15) is 24.6 Å². The summed E-state index contributed by atoms with van der Waals surface area (Å²) in [5, 5.41) is 0. The largest absolute Gasteiger partial charge is 0.308 e. The predicted molar refractivity (Wildman–Crippen MR) is 74.0 cm³/mol. The van der Waals surface area contributed by atoms with Crippen molar-refractivity contribution in [3.63, 3.8) is 0 Å². The van der Waals surface area contributed by atoms with E-state index in [0.29, 0.717) is 11.6 Å². The Balaban J connectivity index is 2.42. The molecule has 0 atom stereocenters. The lowest BCUT2D eigenvalue weighted by Crippen LogP contribution is -2.10. The number of hydrogen-bond donors (Lipinski definition) is 2. The van der Waals surface area contributed by atoms with E-state index >= 15 is 0 Å². The first-order valence-corrected chi connectivity index (χ1v) is 6.14. The van der Waals surface area contributed by atoms with Crippen molar-refractivity contribution in [2.75, 3.05) is 5.43 Å². The zero-order chi connectivity index (χ0) is 13.0. The molecule has 0 aliphatic rings. The first-order chi connectivity index (χ1) is 8.72. The number of hydrogen-bond acceptors (Lipinski definition) is 4. The zero-order valence-corrected chi connectivity index (χ0v) is 10.8. The number of nitrogen functional groups attached to an aromatic ring is 1. The molecule has 0 saturated heterocycles. The van der Waals surface area contributed by atoms with Gasteiger partial charge in [0.15, 0.2) is 5.82 Å². The average Bonchev–Trinajstić information content (AvgIpc) is 2.39. The van der Waals surface area contributed by atoms with Gasteiger partial charge in [-0.2, -0.15) is 0 Å². The highest BCUT2D eigenvalue weighted by atomic mass is 15.3. The molecule has 2 rings (SSSR count). The molecule has 0 fully saturated rings. The standard InChI is InChI=1S/C14H18N4/c1-3-4-12-9-13(18-15)17-14(16-12)11-7-5-10(2)6-8-11/h5-9H,3-4,15H2,1-2H3,(H,16,17,18). The fourth-order valence-electron chi connectivity index (χ4n) is 1.79. The minimum atomic E-state index is 0.657. The molecule has 0 bridgehead atoms. The summed E-state index contributed by atoms with van der Waals surface area (Å²) in [4.78, 5) is 8.95. The van der Waals surface area contributed by atoms with Gasteiger partial charge in [-0.1, -0.05) is 43.2 Å². The molecule has 2 aromatic rings. The smallest absolute Gasteiger partial charge is 0.161 e. The Hall–Kier alpha value is -1.94. The summed E-state index contributed by atoms with van der Waals surface area (Å²) in [6, 6.07) is 10.1. The van der Waals surface area contributed by atoms with Crippen LogP contribution in [0.2, 0.25) is 0 Å². The van der Waals surface area contributed by atoms with Gasteiger partial charge in [0, 0.05) is 17.3 Å². The van der Waals surface area contributed by atoms with E-state index in [1.165, 1.54) is 5.56 Å². The molecule has 0 aliphatic heterocycles. The minimum absolute atomic E-state index is 0.657. The van der Waals surface area contributed by atoms with Gasteiger partial charge in [-0.05, 0) is 13.3 Å². The average molecular weight is 242 g/mol. The fraction of sp³-hybridized carbons (Fsp3) is 0.286. The predicted octanol–water partition coefficient (Wildman–Crippen LogP) is 2.69. The highest BCUT2D eigenvalue weighted by Crippen LogP contribution is 2.18. The van der Waals surface area contributed by atoms with E-state index in [2.05, 4.69) is 41.4 Å². The Morgan fingerprint density at radius 1 is 1.17 bits per heavy atom. The minimum Gasteiger partial charge on any atom is -0.308 e. The molecule has 0 spiro atoms. The summed E-state index contributed by atoms with van der Waals surface area (Å²) in [6.45, 7) is 4.19. The SMILES string of the molecule is CCCc1cc(NN)nc(-c2ccc(C)cc2)n1. The van der Waals surface area contributed by atoms with Gasteiger partial charge < -0.3 is 5.43 Å². The van der Waals surface area contributed by atoms with Crippen molar-refractivity contribution in [1.82, 2.24) is 9.97 Å². The molecule has 18 heavy (non-hydrogen) atoms. The van der Waals surface area contributed by atoms with Crippen molar-refractivity contribution in [2.45, 2.75) is 26.7 Å². The number of hydrazine groups is 1. The third-order valence-corrected chi connectivity index (χ3v) is 2.74. The van der Waals surface area contributed by atoms with Crippen LogP contribution in [-0.4, -0.2) is 9.97 Å². The van der Waals surface area contributed by atoms with Crippen molar-refractivity contribution in [3.8, 4) is 11.4 Å². The quantitative estimate of drug-likeness (QED) is 0.639. The maximum Gasteiger partial charge on any atom is 0.161 e. The molecule has 0 unspecified atom stereocenters. The normalized spacial score (nSPS) is 10.4. The van der Waals surface area contributed by atoms with Crippen LogP contribution in [0, 0.1) is 6.92 Å². The molecule has 0 saturated carbocycles. The molecule has 4 nitrogen and oxygen atoms in total. The summed E-state index contributed by atoms with van der Waals surface area (Å²) in [7, 11) is 0. The van der Waals surface area contributed by atoms with Crippen molar-refractivity contribution in [1.29, 1.82) is 0 Å². The molecular formula is C14H18N4. The second kappa shape index (κ2) is 5.60. The molecule has 1 heterocycles. The molecule has 94 valence electrons. The number of benzene rings is 1. The van der Waals surface area contributed by atoms with Crippen LogP contribution in [0.15, 0.2) is 30.3 Å². The first kappa shape index (κ1) is 12.5. The van der Waals surface area contributed by atoms with Crippen LogP contribution in [0.4, 0.5) is 5.82 Å². The number of nitrogens with two attached hydrogens (primary N) is 1. The Morgan fingerprint density at radius 2 is 1.89 bits per heavy atom. The van der Waals surface area contributed by atoms with E-state index in [1.54, 1.807) is 0 Å². The summed E-state index contributed by atoms with van der Waals surface area (Å²) in [5.41, 5.74) is 5.84. The third-order valence-electron chi connectivity index (χ3n) is 2.74. The highest BCUT2D eigenvalue weighted by molar-refractivity contribution is 5.57. The highest BCUT2D eigenvalue weighted by Gasteiger charge is 2.05. The number of anilines is 1. The molecule has 0 radical (unpaired) electrons. The van der Waals surface area contributed by atoms with Crippen molar-refractivity contribution in [3.05, 3.63) is 41.6 Å². The molecule has 3 N–H and O–H groups in total. The maximum absolute atomic E-state index is 5.45.